The summed E-state index contributed by atoms with van der Waals surface area (Å²) in [5, 5.41) is 3.64. The molecule has 0 heterocycles. The number of anilines is 1. The molecule has 0 aromatic heterocycles. The predicted molar refractivity (Wildman–Crippen MR) is 189 cm³/mol. The number of sulfonamides is 1. The third-order valence-corrected chi connectivity index (χ3v) is 10.5. The molecule has 11 heteroatoms. The van der Waals surface area contributed by atoms with Crippen LogP contribution >= 0.6 is 39.1 Å². The van der Waals surface area contributed by atoms with Gasteiger partial charge in [0.2, 0.25) is 11.8 Å². The lowest BCUT2D eigenvalue weighted by Gasteiger charge is -2.34. The number of rotatable bonds is 14. The van der Waals surface area contributed by atoms with Crippen molar-refractivity contribution in [3.63, 3.8) is 0 Å². The highest BCUT2D eigenvalue weighted by atomic mass is 79.9. The second-order valence-corrected chi connectivity index (χ2v) is 14.5. The molecule has 0 aliphatic carbocycles. The largest absolute Gasteiger partial charge is 0.354 e. The molecular formula is C35H36BrCl2N3O4S. The summed E-state index contributed by atoms with van der Waals surface area (Å²) in [5.74, 6) is -0.890. The van der Waals surface area contributed by atoms with Gasteiger partial charge in [0.15, 0.2) is 0 Å². The van der Waals surface area contributed by atoms with Gasteiger partial charge in [-0.25, -0.2) is 8.42 Å². The van der Waals surface area contributed by atoms with Gasteiger partial charge in [-0.05, 0) is 73.0 Å². The summed E-state index contributed by atoms with van der Waals surface area (Å²) in [7, 11) is -4.19. The molecule has 0 spiro atoms. The minimum atomic E-state index is -4.19. The molecule has 0 fully saturated rings. The molecule has 4 aromatic carbocycles. The lowest BCUT2D eigenvalue weighted by Crippen LogP contribution is -2.53. The van der Waals surface area contributed by atoms with Crippen molar-refractivity contribution in [3.8, 4) is 0 Å². The Labute approximate surface area is 289 Å². The molecule has 0 bridgehead atoms. The predicted octanol–water partition coefficient (Wildman–Crippen LogP) is 7.82. The summed E-state index contributed by atoms with van der Waals surface area (Å²) >= 11 is 15.9. The van der Waals surface area contributed by atoms with E-state index < -0.39 is 28.5 Å². The highest BCUT2D eigenvalue weighted by Crippen LogP contribution is 2.28. The van der Waals surface area contributed by atoms with Gasteiger partial charge in [0.05, 0.1) is 20.6 Å². The first kappa shape index (κ1) is 35.5. The van der Waals surface area contributed by atoms with E-state index in [0.717, 1.165) is 32.7 Å². The van der Waals surface area contributed by atoms with Crippen LogP contribution in [0.4, 0.5) is 5.69 Å². The van der Waals surface area contributed by atoms with Crippen LogP contribution in [0, 0.1) is 6.92 Å². The first-order valence-corrected chi connectivity index (χ1v) is 17.9. The second kappa shape index (κ2) is 16.5. The number of hydrogen-bond acceptors (Lipinski definition) is 4. The smallest absolute Gasteiger partial charge is 0.264 e. The monoisotopic (exact) mass is 743 g/mol. The zero-order valence-corrected chi connectivity index (χ0v) is 29.5. The summed E-state index contributed by atoms with van der Waals surface area (Å²) in [6, 6.07) is 26.6. The summed E-state index contributed by atoms with van der Waals surface area (Å²) in [6.07, 6.45) is 1.88. The SMILES string of the molecule is CCCCNC(=O)C(Cc1ccccc1)N(Cc1ccc(Cl)c(Cl)c1)C(=O)CN(c1ccc(Br)cc1)S(=O)(=O)c1ccc(C)cc1. The second-order valence-electron chi connectivity index (χ2n) is 10.9. The number of nitrogens with one attached hydrogen (secondary N) is 1. The molecule has 242 valence electrons. The van der Waals surface area contributed by atoms with Crippen LogP contribution in [0.15, 0.2) is 106 Å². The van der Waals surface area contributed by atoms with E-state index in [9.17, 15) is 18.0 Å². The highest BCUT2D eigenvalue weighted by Gasteiger charge is 2.34. The van der Waals surface area contributed by atoms with Crippen molar-refractivity contribution >= 4 is 66.7 Å². The number of hydrogen-bond donors (Lipinski definition) is 1. The van der Waals surface area contributed by atoms with Gasteiger partial charge >= 0.3 is 0 Å². The van der Waals surface area contributed by atoms with Crippen molar-refractivity contribution in [1.29, 1.82) is 0 Å². The average Bonchev–Trinajstić information content (AvgIpc) is 3.04. The molecule has 0 aliphatic rings. The topological polar surface area (TPSA) is 86.8 Å². The van der Waals surface area contributed by atoms with Gasteiger partial charge in [-0.15, -0.1) is 0 Å². The van der Waals surface area contributed by atoms with Crippen LogP contribution in [0.5, 0.6) is 0 Å². The van der Waals surface area contributed by atoms with Crippen molar-refractivity contribution in [1.82, 2.24) is 10.2 Å². The third kappa shape index (κ3) is 9.35. The molecule has 46 heavy (non-hydrogen) atoms. The van der Waals surface area contributed by atoms with Gasteiger partial charge < -0.3 is 10.2 Å². The number of nitrogens with zero attached hydrogens (tertiary/aromatic N) is 2. The van der Waals surface area contributed by atoms with Gasteiger partial charge in [0, 0.05) is 24.0 Å². The molecule has 2 amide bonds. The zero-order valence-electron chi connectivity index (χ0n) is 25.6. The first-order chi connectivity index (χ1) is 22.0. The van der Waals surface area contributed by atoms with Crippen molar-refractivity contribution in [2.24, 2.45) is 0 Å². The van der Waals surface area contributed by atoms with Crippen molar-refractivity contribution in [3.05, 3.63) is 128 Å². The number of halogens is 3. The van der Waals surface area contributed by atoms with Crippen LogP contribution in [0.3, 0.4) is 0 Å². The van der Waals surface area contributed by atoms with Crippen molar-refractivity contribution in [2.75, 3.05) is 17.4 Å². The Hall–Kier alpha value is -3.37. The number of aryl methyl sites for hydroxylation is 1. The highest BCUT2D eigenvalue weighted by molar-refractivity contribution is 9.10. The molecule has 0 radical (unpaired) electrons. The van der Waals surface area contributed by atoms with Crippen molar-refractivity contribution < 1.29 is 18.0 Å². The molecule has 1 atom stereocenters. The fourth-order valence-electron chi connectivity index (χ4n) is 4.87. The summed E-state index contributed by atoms with van der Waals surface area (Å²) < 4.78 is 30.1. The Morgan fingerprint density at radius 3 is 2.17 bits per heavy atom. The van der Waals surface area contributed by atoms with Gasteiger partial charge in [0.1, 0.15) is 12.6 Å². The Morgan fingerprint density at radius 2 is 1.54 bits per heavy atom. The van der Waals surface area contributed by atoms with Crippen LogP contribution < -0.4 is 9.62 Å². The van der Waals surface area contributed by atoms with Crippen molar-refractivity contribution in [2.45, 2.75) is 50.6 Å². The lowest BCUT2D eigenvalue weighted by atomic mass is 10.0. The van der Waals surface area contributed by atoms with Crippen LogP contribution in [0.1, 0.15) is 36.5 Å². The van der Waals surface area contributed by atoms with Gasteiger partial charge in [0.25, 0.3) is 10.0 Å². The Balaban J connectivity index is 1.80. The number of benzene rings is 4. The van der Waals surface area contributed by atoms with Crippen LogP contribution in [0.2, 0.25) is 10.0 Å². The van der Waals surface area contributed by atoms with E-state index in [1.54, 1.807) is 54.6 Å². The molecule has 7 nitrogen and oxygen atoms in total. The quantitative estimate of drug-likeness (QED) is 0.134. The van der Waals surface area contributed by atoms with E-state index in [0.29, 0.717) is 27.8 Å². The Kier molecular flexibility index (Phi) is 12.7. The van der Waals surface area contributed by atoms with E-state index in [2.05, 4.69) is 21.2 Å². The summed E-state index contributed by atoms with van der Waals surface area (Å²) in [4.78, 5) is 29.8. The number of carbonyl (C=O) groups is 2. The van der Waals surface area contributed by atoms with E-state index in [1.807, 2.05) is 44.2 Å². The van der Waals surface area contributed by atoms with E-state index in [4.69, 9.17) is 23.2 Å². The lowest BCUT2D eigenvalue weighted by molar-refractivity contribution is -0.140. The van der Waals surface area contributed by atoms with E-state index in [1.165, 1.54) is 17.0 Å². The first-order valence-electron chi connectivity index (χ1n) is 14.9. The van der Waals surface area contributed by atoms with Gasteiger partial charge in [-0.3, -0.25) is 13.9 Å². The zero-order chi connectivity index (χ0) is 33.3. The minimum Gasteiger partial charge on any atom is -0.354 e. The maximum absolute atomic E-state index is 14.5. The number of unbranched alkanes of at least 4 members (excludes halogenated alkanes) is 1. The normalized spacial score (nSPS) is 11.9. The number of amides is 2. The minimum absolute atomic E-state index is 0.00677. The van der Waals surface area contributed by atoms with Gasteiger partial charge in [-0.2, -0.15) is 0 Å². The van der Waals surface area contributed by atoms with Crippen LogP contribution in [0.25, 0.3) is 0 Å². The van der Waals surface area contributed by atoms with Crippen LogP contribution in [-0.4, -0.2) is 44.3 Å². The Morgan fingerprint density at radius 1 is 0.870 bits per heavy atom. The summed E-state index contributed by atoms with van der Waals surface area (Å²) in [5.41, 5.74) is 2.69. The van der Waals surface area contributed by atoms with E-state index >= 15 is 0 Å². The molecule has 4 rings (SSSR count). The van der Waals surface area contributed by atoms with Crippen LogP contribution in [-0.2, 0) is 32.6 Å². The molecule has 0 saturated carbocycles. The average molecular weight is 746 g/mol. The van der Waals surface area contributed by atoms with Gasteiger partial charge in [-0.1, -0.05) is 107 Å². The summed E-state index contributed by atoms with van der Waals surface area (Å²) in [6.45, 7) is 3.78. The Bertz CT molecular complexity index is 1740. The fourth-order valence-corrected chi connectivity index (χ4v) is 6.87. The fraction of sp³-hybridized carbons (Fsp3) is 0.257. The standard InChI is InChI=1S/C35H36BrCl2N3O4S/c1-3-4-20-39-35(43)33(22-26-8-6-5-7-9-26)40(23-27-12-19-31(37)32(38)21-27)34(42)24-41(29-15-13-28(36)14-16-29)46(44,45)30-17-10-25(2)11-18-30/h5-19,21,33H,3-4,20,22-24H2,1-2H3,(H,39,43). The number of carbonyl (C=O) groups excluding carboxylic acids is 2. The molecular weight excluding hydrogens is 709 g/mol. The van der Waals surface area contributed by atoms with E-state index in [-0.39, 0.29) is 23.8 Å². The molecule has 1 unspecified atom stereocenters. The third-order valence-electron chi connectivity index (χ3n) is 7.44. The molecule has 1 N–H and O–H groups in total. The maximum atomic E-state index is 14.5. The molecule has 0 aliphatic heterocycles. The molecule has 4 aromatic rings. The maximum Gasteiger partial charge on any atom is 0.264 e. The molecule has 0 saturated heterocycles.